The number of ether oxygens (including phenoxy) is 1. The molecule has 0 amide bonds. The lowest BCUT2D eigenvalue weighted by molar-refractivity contribution is -0.139. The molecule has 166 valence electrons. The van der Waals surface area contributed by atoms with Gasteiger partial charge in [-0.25, -0.2) is 9.78 Å². The molecule has 1 aromatic heterocycles. The van der Waals surface area contributed by atoms with Crippen LogP contribution in [0.2, 0.25) is 0 Å². The minimum absolute atomic E-state index is 0.352. The van der Waals surface area contributed by atoms with E-state index in [1.165, 1.54) is 0 Å². The molecule has 0 aliphatic heterocycles. The predicted molar refractivity (Wildman–Crippen MR) is 129 cm³/mol. The summed E-state index contributed by atoms with van der Waals surface area (Å²) in [5.74, 6) is 0.342. The summed E-state index contributed by atoms with van der Waals surface area (Å²) in [6.07, 6.45) is 2.56. The number of rotatable bonds is 9. The van der Waals surface area contributed by atoms with E-state index in [-0.39, 0.29) is 6.61 Å². The molecular formula is C27H25N3O3. The highest BCUT2D eigenvalue weighted by Crippen LogP contribution is 2.30. The Hall–Kier alpha value is -4.19. The molecule has 1 heterocycles. The minimum Gasteiger partial charge on any atom is -0.482 e. The SMILES string of the molecule is CN(CCc1cccc(OCC(=O)O)c1)c1cnc(-c2ccccc2)c(-c2ccccc2)n1. The third kappa shape index (κ3) is 5.74. The smallest absolute Gasteiger partial charge is 0.341 e. The van der Waals surface area contributed by atoms with E-state index in [9.17, 15) is 4.79 Å². The molecule has 3 aromatic carbocycles. The van der Waals surface area contributed by atoms with Crippen LogP contribution in [0.25, 0.3) is 22.5 Å². The van der Waals surface area contributed by atoms with Crippen LogP contribution in [0.4, 0.5) is 5.82 Å². The highest BCUT2D eigenvalue weighted by Gasteiger charge is 2.14. The molecule has 0 radical (unpaired) electrons. The Kier molecular flexibility index (Phi) is 6.95. The molecule has 0 aliphatic rings. The molecule has 33 heavy (non-hydrogen) atoms. The van der Waals surface area contributed by atoms with E-state index in [1.54, 1.807) is 12.3 Å². The van der Waals surface area contributed by atoms with Crippen molar-refractivity contribution in [2.75, 3.05) is 25.1 Å². The summed E-state index contributed by atoms with van der Waals surface area (Å²) in [5, 5.41) is 8.80. The van der Waals surface area contributed by atoms with Crippen molar-refractivity contribution in [2.45, 2.75) is 6.42 Å². The lowest BCUT2D eigenvalue weighted by atomic mass is 10.0. The van der Waals surface area contributed by atoms with Crippen molar-refractivity contribution in [3.05, 3.63) is 96.7 Å². The van der Waals surface area contributed by atoms with Crippen molar-refractivity contribution in [3.63, 3.8) is 0 Å². The number of aliphatic carboxylic acids is 1. The Labute approximate surface area is 193 Å². The molecule has 0 aliphatic carbocycles. The normalized spacial score (nSPS) is 10.6. The van der Waals surface area contributed by atoms with Crippen LogP contribution in [0.1, 0.15) is 5.56 Å². The van der Waals surface area contributed by atoms with Gasteiger partial charge in [0.05, 0.1) is 17.6 Å². The Morgan fingerprint density at radius 2 is 1.58 bits per heavy atom. The Morgan fingerprint density at radius 1 is 0.909 bits per heavy atom. The van der Waals surface area contributed by atoms with E-state index < -0.39 is 5.97 Å². The number of hydrogen-bond acceptors (Lipinski definition) is 5. The topological polar surface area (TPSA) is 75.5 Å². The first-order chi connectivity index (χ1) is 16.1. The van der Waals surface area contributed by atoms with Gasteiger partial charge in [-0.05, 0) is 24.1 Å². The van der Waals surface area contributed by atoms with Crippen LogP contribution in [0.5, 0.6) is 5.75 Å². The van der Waals surface area contributed by atoms with Gasteiger partial charge in [0.25, 0.3) is 0 Å². The second-order valence-corrected chi connectivity index (χ2v) is 7.66. The molecule has 6 heteroatoms. The summed E-state index contributed by atoms with van der Waals surface area (Å²) in [6, 6.07) is 27.7. The molecule has 1 N–H and O–H groups in total. The Morgan fingerprint density at radius 3 is 2.24 bits per heavy atom. The summed E-state index contributed by atoms with van der Waals surface area (Å²) < 4.78 is 5.28. The van der Waals surface area contributed by atoms with Gasteiger partial charge >= 0.3 is 5.97 Å². The molecule has 4 aromatic rings. The van der Waals surface area contributed by atoms with Crippen LogP contribution in [-0.4, -0.2) is 41.2 Å². The molecule has 0 atom stereocenters. The second-order valence-electron chi connectivity index (χ2n) is 7.66. The number of carboxylic acid groups (broad SMARTS) is 1. The van der Waals surface area contributed by atoms with Crippen LogP contribution < -0.4 is 9.64 Å². The van der Waals surface area contributed by atoms with Gasteiger partial charge in [-0.15, -0.1) is 0 Å². The number of likely N-dealkylation sites (N-methyl/N-ethyl adjacent to an activating group) is 1. The molecule has 0 saturated carbocycles. The standard InChI is InChI=1S/C27H25N3O3/c1-30(16-15-20-9-8-14-23(17-20)33-19-25(31)32)24-18-28-26(21-10-4-2-5-11-21)27(29-24)22-12-6-3-7-13-22/h2-14,17-18H,15-16,19H2,1H3,(H,31,32). The maximum absolute atomic E-state index is 10.7. The zero-order chi connectivity index (χ0) is 23.0. The molecule has 0 spiro atoms. The maximum atomic E-state index is 10.7. The number of hydrogen-bond donors (Lipinski definition) is 1. The average molecular weight is 440 g/mol. The molecule has 0 fully saturated rings. The lowest BCUT2D eigenvalue weighted by Crippen LogP contribution is -2.22. The van der Waals surface area contributed by atoms with Crippen LogP contribution in [0, 0.1) is 0 Å². The van der Waals surface area contributed by atoms with Gasteiger partial charge in [-0.3, -0.25) is 4.98 Å². The van der Waals surface area contributed by atoms with Gasteiger partial charge in [-0.1, -0.05) is 72.8 Å². The van der Waals surface area contributed by atoms with Crippen molar-refractivity contribution < 1.29 is 14.6 Å². The van der Waals surface area contributed by atoms with E-state index in [4.69, 9.17) is 19.8 Å². The van der Waals surface area contributed by atoms with Gasteiger partial charge < -0.3 is 14.7 Å². The molecule has 6 nitrogen and oxygen atoms in total. The van der Waals surface area contributed by atoms with Gasteiger partial charge in [0.15, 0.2) is 6.61 Å². The van der Waals surface area contributed by atoms with E-state index >= 15 is 0 Å². The van der Waals surface area contributed by atoms with E-state index in [1.807, 2.05) is 85.9 Å². The largest absolute Gasteiger partial charge is 0.482 e. The number of anilines is 1. The average Bonchev–Trinajstić information content (AvgIpc) is 2.87. The first-order valence-corrected chi connectivity index (χ1v) is 10.7. The third-order valence-electron chi connectivity index (χ3n) is 5.24. The van der Waals surface area contributed by atoms with E-state index in [0.717, 1.165) is 46.9 Å². The Balaban J connectivity index is 1.54. The summed E-state index contributed by atoms with van der Waals surface area (Å²) in [6.45, 7) is 0.366. The first-order valence-electron chi connectivity index (χ1n) is 10.7. The molecular weight excluding hydrogens is 414 g/mol. The highest BCUT2D eigenvalue weighted by atomic mass is 16.5. The van der Waals surface area contributed by atoms with Crippen molar-refractivity contribution in [2.24, 2.45) is 0 Å². The summed E-state index contributed by atoms with van der Waals surface area (Å²) in [4.78, 5) is 22.5. The summed E-state index contributed by atoms with van der Waals surface area (Å²) >= 11 is 0. The molecule has 0 bridgehead atoms. The van der Waals surface area contributed by atoms with Crippen molar-refractivity contribution in [1.29, 1.82) is 0 Å². The van der Waals surface area contributed by atoms with E-state index in [2.05, 4.69) is 4.90 Å². The Bertz CT molecular complexity index is 1210. The predicted octanol–water partition coefficient (Wildman–Crippen LogP) is 4.95. The van der Waals surface area contributed by atoms with E-state index in [0.29, 0.717) is 5.75 Å². The van der Waals surface area contributed by atoms with Gasteiger partial charge in [0, 0.05) is 24.7 Å². The van der Waals surface area contributed by atoms with Crippen molar-refractivity contribution in [1.82, 2.24) is 9.97 Å². The zero-order valence-electron chi connectivity index (χ0n) is 18.4. The van der Waals surface area contributed by atoms with Gasteiger partial charge in [0.1, 0.15) is 11.6 Å². The fraction of sp³-hybridized carbons (Fsp3) is 0.148. The van der Waals surface area contributed by atoms with Crippen LogP contribution in [-0.2, 0) is 11.2 Å². The van der Waals surface area contributed by atoms with Gasteiger partial charge in [0.2, 0.25) is 0 Å². The first kappa shape index (κ1) is 22.0. The number of nitrogens with zero attached hydrogens (tertiary/aromatic N) is 3. The number of aromatic nitrogens is 2. The number of carboxylic acids is 1. The molecule has 4 rings (SSSR count). The monoisotopic (exact) mass is 439 g/mol. The van der Waals surface area contributed by atoms with Crippen molar-refractivity contribution in [3.8, 4) is 28.3 Å². The van der Waals surface area contributed by atoms with Crippen molar-refractivity contribution >= 4 is 11.8 Å². The zero-order valence-corrected chi connectivity index (χ0v) is 18.4. The number of carbonyl (C=O) groups is 1. The van der Waals surface area contributed by atoms with Crippen LogP contribution in [0.15, 0.2) is 91.1 Å². The third-order valence-corrected chi connectivity index (χ3v) is 5.24. The molecule has 0 unspecified atom stereocenters. The highest BCUT2D eigenvalue weighted by molar-refractivity contribution is 5.78. The van der Waals surface area contributed by atoms with Gasteiger partial charge in [-0.2, -0.15) is 0 Å². The lowest BCUT2D eigenvalue weighted by Gasteiger charge is -2.20. The summed E-state index contributed by atoms with van der Waals surface area (Å²) in [5.41, 5.74) is 4.79. The minimum atomic E-state index is -0.994. The molecule has 0 saturated heterocycles. The quantitative estimate of drug-likeness (QED) is 0.398. The second kappa shape index (κ2) is 10.4. The van der Waals surface area contributed by atoms with Crippen LogP contribution >= 0.6 is 0 Å². The fourth-order valence-electron chi connectivity index (χ4n) is 3.52. The van der Waals surface area contributed by atoms with Crippen LogP contribution in [0.3, 0.4) is 0 Å². The summed E-state index contributed by atoms with van der Waals surface area (Å²) in [7, 11) is 1.99. The fourth-order valence-corrected chi connectivity index (χ4v) is 3.52. The number of benzene rings is 3. The maximum Gasteiger partial charge on any atom is 0.341 e.